The number of hydrogen-bond acceptors (Lipinski definition) is 4. The number of ether oxygens (including phenoxy) is 3. The monoisotopic (exact) mass is 468 g/mol. The standard InChI is InChI=1S/C27H23F3O4/c1-32-22-12-5-18(6-13-22)4-7-20-16-23(33-2)17-26(34-3)24(20)14-15-25(31)19-8-10-21(11-9-19)27(28,29)30/h4-17H,1-3H3/b7-4+,15-14+. The van der Waals surface area contributed by atoms with Gasteiger partial charge in [-0.25, -0.2) is 0 Å². The lowest BCUT2D eigenvalue weighted by Crippen LogP contribution is -2.05. The summed E-state index contributed by atoms with van der Waals surface area (Å²) in [5.74, 6) is 1.35. The van der Waals surface area contributed by atoms with Crippen molar-refractivity contribution in [2.45, 2.75) is 6.18 Å². The number of carbonyl (C=O) groups is 1. The van der Waals surface area contributed by atoms with Crippen LogP contribution in [0.4, 0.5) is 13.2 Å². The van der Waals surface area contributed by atoms with Crippen LogP contribution in [-0.2, 0) is 6.18 Å². The van der Waals surface area contributed by atoms with Crippen LogP contribution >= 0.6 is 0 Å². The van der Waals surface area contributed by atoms with Crippen molar-refractivity contribution in [1.82, 2.24) is 0 Å². The summed E-state index contributed by atoms with van der Waals surface area (Å²) >= 11 is 0. The molecule has 0 bridgehead atoms. The first kappa shape index (κ1) is 24.6. The van der Waals surface area contributed by atoms with E-state index in [1.165, 1.54) is 20.3 Å². The second kappa shape index (κ2) is 10.7. The third-order valence-electron chi connectivity index (χ3n) is 5.07. The maximum absolute atomic E-state index is 12.8. The van der Waals surface area contributed by atoms with E-state index in [-0.39, 0.29) is 5.56 Å². The molecule has 0 spiro atoms. The van der Waals surface area contributed by atoms with E-state index in [1.54, 1.807) is 25.3 Å². The zero-order chi connectivity index (χ0) is 24.7. The van der Waals surface area contributed by atoms with Gasteiger partial charge in [0.25, 0.3) is 0 Å². The number of rotatable bonds is 8. The van der Waals surface area contributed by atoms with Crippen molar-refractivity contribution in [2.24, 2.45) is 0 Å². The third kappa shape index (κ3) is 6.07. The van der Waals surface area contributed by atoms with Gasteiger partial charge in [-0.3, -0.25) is 4.79 Å². The maximum atomic E-state index is 12.8. The minimum Gasteiger partial charge on any atom is -0.497 e. The van der Waals surface area contributed by atoms with Gasteiger partial charge < -0.3 is 14.2 Å². The molecule has 0 radical (unpaired) electrons. The molecule has 0 atom stereocenters. The van der Waals surface area contributed by atoms with Crippen LogP contribution in [0.15, 0.2) is 66.7 Å². The van der Waals surface area contributed by atoms with Crippen LogP contribution in [0.2, 0.25) is 0 Å². The van der Waals surface area contributed by atoms with Gasteiger partial charge in [0.05, 0.1) is 26.9 Å². The molecule has 0 aliphatic carbocycles. The van der Waals surface area contributed by atoms with E-state index in [0.717, 1.165) is 41.1 Å². The summed E-state index contributed by atoms with van der Waals surface area (Å²) in [5.41, 5.74) is 1.61. The molecule has 0 saturated carbocycles. The fraction of sp³-hybridized carbons (Fsp3) is 0.148. The van der Waals surface area contributed by atoms with Gasteiger partial charge in [-0.05, 0) is 53.6 Å². The zero-order valence-corrected chi connectivity index (χ0v) is 18.8. The molecular formula is C27H23F3O4. The Labute approximate surface area is 195 Å². The van der Waals surface area contributed by atoms with E-state index in [0.29, 0.717) is 17.1 Å². The average Bonchev–Trinajstić information content (AvgIpc) is 2.85. The molecule has 0 N–H and O–H groups in total. The SMILES string of the molecule is COc1ccc(/C=C/c2cc(OC)cc(OC)c2/C=C/C(=O)c2ccc(C(F)(F)F)cc2)cc1. The summed E-state index contributed by atoms with van der Waals surface area (Å²) < 4.78 is 54.3. The van der Waals surface area contributed by atoms with E-state index < -0.39 is 17.5 Å². The maximum Gasteiger partial charge on any atom is 0.416 e. The molecule has 7 heteroatoms. The molecule has 0 aliphatic rings. The first-order valence-electron chi connectivity index (χ1n) is 10.2. The molecule has 4 nitrogen and oxygen atoms in total. The highest BCUT2D eigenvalue weighted by molar-refractivity contribution is 6.07. The summed E-state index contributed by atoms with van der Waals surface area (Å²) in [4.78, 5) is 12.6. The van der Waals surface area contributed by atoms with Crippen molar-refractivity contribution >= 4 is 24.0 Å². The largest absolute Gasteiger partial charge is 0.497 e. The topological polar surface area (TPSA) is 44.8 Å². The van der Waals surface area contributed by atoms with Crippen molar-refractivity contribution in [3.63, 3.8) is 0 Å². The van der Waals surface area contributed by atoms with Crippen LogP contribution in [0.1, 0.15) is 32.6 Å². The van der Waals surface area contributed by atoms with Crippen LogP contribution in [-0.4, -0.2) is 27.1 Å². The molecule has 3 aromatic carbocycles. The Morgan fingerprint density at radius 1 is 0.765 bits per heavy atom. The molecule has 0 saturated heterocycles. The first-order chi connectivity index (χ1) is 16.2. The molecule has 34 heavy (non-hydrogen) atoms. The fourth-order valence-corrected chi connectivity index (χ4v) is 3.20. The van der Waals surface area contributed by atoms with Crippen molar-refractivity contribution in [3.8, 4) is 17.2 Å². The fourth-order valence-electron chi connectivity index (χ4n) is 3.20. The number of ketones is 1. The molecule has 0 aromatic heterocycles. The van der Waals surface area contributed by atoms with E-state index in [1.807, 2.05) is 36.4 Å². The highest BCUT2D eigenvalue weighted by Crippen LogP contribution is 2.32. The normalized spacial score (nSPS) is 11.7. The predicted octanol–water partition coefficient (Wildman–Crippen LogP) is 6.80. The minimum absolute atomic E-state index is 0.145. The van der Waals surface area contributed by atoms with Gasteiger partial charge in [0.1, 0.15) is 17.2 Å². The smallest absolute Gasteiger partial charge is 0.416 e. The third-order valence-corrected chi connectivity index (χ3v) is 5.07. The Kier molecular flexibility index (Phi) is 7.79. The Balaban J connectivity index is 1.93. The molecule has 3 rings (SSSR count). The summed E-state index contributed by atoms with van der Waals surface area (Å²) in [6.07, 6.45) is 2.17. The average molecular weight is 468 g/mol. The second-order valence-corrected chi connectivity index (χ2v) is 7.21. The van der Waals surface area contributed by atoms with E-state index >= 15 is 0 Å². The number of allylic oxidation sites excluding steroid dienone is 1. The molecule has 3 aromatic rings. The van der Waals surface area contributed by atoms with Crippen molar-refractivity contribution in [2.75, 3.05) is 21.3 Å². The molecule has 176 valence electrons. The summed E-state index contributed by atoms with van der Waals surface area (Å²) in [6, 6.07) is 15.1. The number of hydrogen-bond donors (Lipinski definition) is 0. The minimum atomic E-state index is -4.46. The van der Waals surface area contributed by atoms with E-state index in [4.69, 9.17) is 14.2 Å². The summed E-state index contributed by atoms with van der Waals surface area (Å²) in [5, 5.41) is 0. The Hall–Kier alpha value is -4.00. The number of methoxy groups -OCH3 is 3. The van der Waals surface area contributed by atoms with E-state index in [2.05, 4.69) is 0 Å². The van der Waals surface area contributed by atoms with Crippen LogP contribution in [0, 0.1) is 0 Å². The molecular weight excluding hydrogens is 445 g/mol. The summed E-state index contributed by atoms with van der Waals surface area (Å²) in [6.45, 7) is 0. The summed E-state index contributed by atoms with van der Waals surface area (Å²) in [7, 11) is 4.63. The zero-order valence-electron chi connectivity index (χ0n) is 18.8. The van der Waals surface area contributed by atoms with Gasteiger partial charge in [0, 0.05) is 17.2 Å². The van der Waals surface area contributed by atoms with Gasteiger partial charge >= 0.3 is 6.18 Å². The number of benzene rings is 3. The van der Waals surface area contributed by atoms with E-state index in [9.17, 15) is 18.0 Å². The lowest BCUT2D eigenvalue weighted by molar-refractivity contribution is -0.137. The molecule has 0 fully saturated rings. The predicted molar refractivity (Wildman–Crippen MR) is 126 cm³/mol. The first-order valence-corrected chi connectivity index (χ1v) is 10.2. The number of halogens is 3. The van der Waals surface area contributed by atoms with Crippen LogP contribution in [0.5, 0.6) is 17.2 Å². The molecule has 0 unspecified atom stereocenters. The number of carbonyl (C=O) groups excluding carboxylic acids is 1. The van der Waals surface area contributed by atoms with Crippen LogP contribution in [0.25, 0.3) is 18.2 Å². The van der Waals surface area contributed by atoms with Crippen molar-refractivity contribution in [3.05, 3.63) is 94.6 Å². The van der Waals surface area contributed by atoms with Gasteiger partial charge in [0.15, 0.2) is 5.78 Å². The van der Waals surface area contributed by atoms with Gasteiger partial charge in [0.2, 0.25) is 0 Å². The Bertz CT molecular complexity index is 1190. The van der Waals surface area contributed by atoms with Gasteiger partial charge in [-0.2, -0.15) is 13.2 Å². The van der Waals surface area contributed by atoms with Crippen LogP contribution in [0.3, 0.4) is 0 Å². The Morgan fingerprint density at radius 2 is 1.41 bits per heavy atom. The van der Waals surface area contributed by atoms with Gasteiger partial charge in [-0.1, -0.05) is 36.4 Å². The molecule has 0 amide bonds. The van der Waals surface area contributed by atoms with Gasteiger partial charge in [-0.15, -0.1) is 0 Å². The quantitative estimate of drug-likeness (QED) is 0.207. The van der Waals surface area contributed by atoms with Crippen LogP contribution < -0.4 is 14.2 Å². The number of alkyl halides is 3. The molecule has 0 aliphatic heterocycles. The van der Waals surface area contributed by atoms with Crippen molar-refractivity contribution in [1.29, 1.82) is 0 Å². The second-order valence-electron chi connectivity index (χ2n) is 7.21. The highest BCUT2D eigenvalue weighted by Gasteiger charge is 2.30. The lowest BCUT2D eigenvalue weighted by atomic mass is 10.0. The highest BCUT2D eigenvalue weighted by atomic mass is 19.4. The van der Waals surface area contributed by atoms with Crippen molar-refractivity contribution < 1.29 is 32.2 Å². The lowest BCUT2D eigenvalue weighted by Gasteiger charge is -2.12. The molecule has 0 heterocycles. The Morgan fingerprint density at radius 3 is 1.97 bits per heavy atom.